The molecule has 1 amide bonds. The van der Waals surface area contributed by atoms with E-state index < -0.39 is 0 Å². The molecule has 2 fully saturated rings. The Morgan fingerprint density at radius 2 is 1.89 bits per heavy atom. The molecule has 1 unspecified atom stereocenters. The van der Waals surface area contributed by atoms with E-state index in [1.54, 1.807) is 6.20 Å². The first-order valence-electron chi connectivity index (χ1n) is 9.19. The van der Waals surface area contributed by atoms with Crippen molar-refractivity contribution >= 4 is 27.5 Å². The highest BCUT2D eigenvalue weighted by atomic mass is 79.9. The maximum Gasteiger partial charge on any atom is 0.253 e. The van der Waals surface area contributed by atoms with Crippen LogP contribution < -0.4 is 9.64 Å². The molecule has 0 radical (unpaired) electrons. The molecule has 1 atom stereocenters. The first-order valence-corrected chi connectivity index (χ1v) is 9.98. The molecular weight excluding hydrogens is 410 g/mol. The Hall–Kier alpha value is -2.12. The summed E-state index contributed by atoms with van der Waals surface area (Å²) in [4.78, 5) is 21.2. The number of carbonyl (C=O) groups excluding carboxylic acids is 1. The highest BCUT2D eigenvalue weighted by molar-refractivity contribution is 9.10. The van der Waals surface area contributed by atoms with Gasteiger partial charge in [-0.1, -0.05) is 0 Å². The van der Waals surface area contributed by atoms with Crippen molar-refractivity contribution in [3.63, 3.8) is 0 Å². The number of rotatable bonds is 4. The predicted molar refractivity (Wildman–Crippen MR) is 106 cm³/mol. The van der Waals surface area contributed by atoms with Crippen LogP contribution in [0, 0.1) is 0 Å². The molecular formula is C20H22BrN3O3. The zero-order valence-electron chi connectivity index (χ0n) is 15.0. The summed E-state index contributed by atoms with van der Waals surface area (Å²) in [5.41, 5.74) is 1.85. The number of carbonyl (C=O) groups is 1. The largest absolute Gasteiger partial charge is 0.472 e. The van der Waals surface area contributed by atoms with E-state index >= 15 is 0 Å². The minimum absolute atomic E-state index is 0.0183. The Labute approximate surface area is 167 Å². The summed E-state index contributed by atoms with van der Waals surface area (Å²) in [6.45, 7) is 4.57. The second-order valence-corrected chi connectivity index (χ2v) is 7.66. The average molecular weight is 432 g/mol. The van der Waals surface area contributed by atoms with Gasteiger partial charge in [-0.2, -0.15) is 0 Å². The fourth-order valence-electron chi connectivity index (χ4n) is 3.43. The molecule has 7 heteroatoms. The Morgan fingerprint density at radius 1 is 1.11 bits per heavy atom. The zero-order valence-corrected chi connectivity index (χ0v) is 16.6. The van der Waals surface area contributed by atoms with E-state index in [-0.39, 0.29) is 12.0 Å². The molecule has 1 aromatic heterocycles. The summed E-state index contributed by atoms with van der Waals surface area (Å²) in [5.74, 6) is 0.644. The monoisotopic (exact) mass is 431 g/mol. The van der Waals surface area contributed by atoms with Crippen molar-refractivity contribution in [1.82, 2.24) is 9.88 Å². The van der Waals surface area contributed by atoms with Gasteiger partial charge in [0.15, 0.2) is 0 Å². The fraction of sp³-hybridized carbons (Fsp3) is 0.400. The van der Waals surface area contributed by atoms with E-state index in [2.05, 4.69) is 25.8 Å². The summed E-state index contributed by atoms with van der Waals surface area (Å²) in [5, 5.41) is 0. The molecule has 142 valence electrons. The van der Waals surface area contributed by atoms with Gasteiger partial charge < -0.3 is 19.3 Å². The van der Waals surface area contributed by atoms with Gasteiger partial charge in [-0.25, -0.2) is 4.98 Å². The van der Waals surface area contributed by atoms with Crippen LogP contribution in [0.15, 0.2) is 47.1 Å². The maximum absolute atomic E-state index is 12.8. The molecule has 2 saturated heterocycles. The summed E-state index contributed by atoms with van der Waals surface area (Å²) in [6, 6.07) is 11.6. The predicted octanol–water partition coefficient (Wildman–Crippen LogP) is 2.97. The Bertz CT molecular complexity index is 776. The van der Waals surface area contributed by atoms with Crippen LogP contribution in [0.5, 0.6) is 5.88 Å². The van der Waals surface area contributed by atoms with Gasteiger partial charge in [0, 0.05) is 54.0 Å². The molecule has 27 heavy (non-hydrogen) atoms. The van der Waals surface area contributed by atoms with Crippen molar-refractivity contribution < 1.29 is 14.3 Å². The van der Waals surface area contributed by atoms with E-state index in [4.69, 9.17) is 9.47 Å². The molecule has 0 N–H and O–H groups in total. The van der Waals surface area contributed by atoms with Gasteiger partial charge in [0.05, 0.1) is 19.8 Å². The van der Waals surface area contributed by atoms with E-state index in [1.165, 1.54) is 0 Å². The van der Waals surface area contributed by atoms with Crippen LogP contribution in [0.1, 0.15) is 16.8 Å². The topological polar surface area (TPSA) is 54.9 Å². The second kappa shape index (κ2) is 8.27. The van der Waals surface area contributed by atoms with Crippen LogP contribution in [-0.4, -0.2) is 61.3 Å². The van der Waals surface area contributed by atoms with Crippen LogP contribution in [0.25, 0.3) is 0 Å². The van der Waals surface area contributed by atoms with Crippen LogP contribution in [0.3, 0.4) is 0 Å². The van der Waals surface area contributed by atoms with E-state index in [1.807, 2.05) is 41.3 Å². The van der Waals surface area contributed by atoms with Crippen LogP contribution >= 0.6 is 15.9 Å². The first-order chi connectivity index (χ1) is 13.2. The maximum atomic E-state index is 12.8. The Balaban J connectivity index is 1.34. The number of nitrogens with zero attached hydrogens (tertiary/aromatic N) is 3. The molecule has 2 aliphatic heterocycles. The zero-order chi connectivity index (χ0) is 18.6. The number of anilines is 1. The lowest BCUT2D eigenvalue weighted by Gasteiger charge is -2.29. The number of amides is 1. The van der Waals surface area contributed by atoms with Gasteiger partial charge in [0.1, 0.15) is 6.10 Å². The van der Waals surface area contributed by atoms with E-state index in [0.29, 0.717) is 19.0 Å². The van der Waals surface area contributed by atoms with Crippen molar-refractivity contribution in [2.24, 2.45) is 0 Å². The molecule has 2 aromatic rings. The van der Waals surface area contributed by atoms with E-state index in [9.17, 15) is 4.79 Å². The van der Waals surface area contributed by atoms with Gasteiger partial charge in [0.2, 0.25) is 5.88 Å². The van der Waals surface area contributed by atoms with Crippen molar-refractivity contribution in [2.45, 2.75) is 12.5 Å². The molecule has 4 rings (SSSR count). The standard InChI is InChI=1S/C20H22BrN3O3/c21-16-3-6-19(22-13-16)27-18-7-8-24(14-18)20(25)15-1-4-17(5-2-15)23-9-11-26-12-10-23/h1-6,13,18H,7-12,14H2. The highest BCUT2D eigenvalue weighted by Crippen LogP contribution is 2.21. The van der Waals surface area contributed by atoms with Gasteiger partial charge >= 0.3 is 0 Å². The van der Waals surface area contributed by atoms with Crippen molar-refractivity contribution in [3.05, 3.63) is 52.6 Å². The number of hydrogen-bond acceptors (Lipinski definition) is 5. The number of ether oxygens (including phenoxy) is 2. The quantitative estimate of drug-likeness (QED) is 0.744. The van der Waals surface area contributed by atoms with Gasteiger partial charge in [-0.05, 0) is 46.3 Å². The molecule has 6 nitrogen and oxygen atoms in total. The van der Waals surface area contributed by atoms with Gasteiger partial charge in [-0.15, -0.1) is 0 Å². The third-order valence-corrected chi connectivity index (χ3v) is 5.38. The normalized spacial score (nSPS) is 20.0. The number of halogens is 1. The molecule has 3 heterocycles. The molecule has 0 aliphatic carbocycles. The molecule has 2 aliphatic rings. The summed E-state index contributed by atoms with van der Waals surface area (Å²) in [7, 11) is 0. The Kier molecular flexibility index (Phi) is 5.59. The van der Waals surface area contributed by atoms with E-state index in [0.717, 1.165) is 48.4 Å². The minimum atomic E-state index is -0.0183. The number of hydrogen-bond donors (Lipinski definition) is 0. The van der Waals surface area contributed by atoms with Crippen molar-refractivity contribution in [1.29, 1.82) is 0 Å². The SMILES string of the molecule is O=C(c1ccc(N2CCOCC2)cc1)N1CCC(Oc2ccc(Br)cn2)C1. The van der Waals surface area contributed by atoms with Crippen LogP contribution in [-0.2, 0) is 4.74 Å². The number of benzene rings is 1. The lowest BCUT2D eigenvalue weighted by atomic mass is 10.1. The lowest BCUT2D eigenvalue weighted by molar-refractivity contribution is 0.0771. The highest BCUT2D eigenvalue weighted by Gasteiger charge is 2.28. The van der Waals surface area contributed by atoms with Crippen LogP contribution in [0.4, 0.5) is 5.69 Å². The number of pyridine rings is 1. The molecule has 1 aromatic carbocycles. The van der Waals surface area contributed by atoms with Crippen LogP contribution in [0.2, 0.25) is 0 Å². The average Bonchev–Trinajstić information content (AvgIpc) is 3.18. The summed E-state index contributed by atoms with van der Waals surface area (Å²) >= 11 is 3.36. The molecule has 0 spiro atoms. The second-order valence-electron chi connectivity index (χ2n) is 6.74. The van der Waals surface area contributed by atoms with Crippen molar-refractivity contribution in [3.8, 4) is 5.88 Å². The number of likely N-dealkylation sites (tertiary alicyclic amines) is 1. The molecule has 0 saturated carbocycles. The van der Waals surface area contributed by atoms with Crippen molar-refractivity contribution in [2.75, 3.05) is 44.3 Å². The van der Waals surface area contributed by atoms with Gasteiger partial charge in [-0.3, -0.25) is 4.79 Å². The Morgan fingerprint density at radius 3 is 2.59 bits per heavy atom. The summed E-state index contributed by atoms with van der Waals surface area (Å²) in [6.07, 6.45) is 2.51. The number of morpholine rings is 1. The third-order valence-electron chi connectivity index (χ3n) is 4.91. The molecule has 0 bridgehead atoms. The lowest BCUT2D eigenvalue weighted by Crippen LogP contribution is -2.36. The number of aromatic nitrogens is 1. The first kappa shape index (κ1) is 18.3. The minimum Gasteiger partial charge on any atom is -0.472 e. The fourth-order valence-corrected chi connectivity index (χ4v) is 3.67. The summed E-state index contributed by atoms with van der Waals surface area (Å²) < 4.78 is 12.2. The van der Waals surface area contributed by atoms with Gasteiger partial charge in [0.25, 0.3) is 5.91 Å². The smallest absolute Gasteiger partial charge is 0.253 e. The third kappa shape index (κ3) is 4.42.